The largest absolute Gasteiger partial charge is 0.465 e. The van der Waals surface area contributed by atoms with Gasteiger partial charge in [0.05, 0.1) is 19.5 Å². The van der Waals surface area contributed by atoms with E-state index in [0.717, 1.165) is 30.3 Å². The number of rotatable bonds is 24. The van der Waals surface area contributed by atoms with E-state index >= 15 is 0 Å². The second kappa shape index (κ2) is 20.0. The van der Waals surface area contributed by atoms with E-state index in [0.29, 0.717) is 0 Å². The van der Waals surface area contributed by atoms with Crippen LogP contribution in [-0.4, -0.2) is 62.1 Å². The van der Waals surface area contributed by atoms with Crippen molar-refractivity contribution in [2.75, 3.05) is 25.6 Å². The van der Waals surface area contributed by atoms with Gasteiger partial charge < -0.3 is 24.8 Å². The molecule has 15 heteroatoms. The van der Waals surface area contributed by atoms with Gasteiger partial charge in [0.25, 0.3) is 0 Å². The monoisotopic (exact) mass is 744 g/mol. The molecule has 3 heterocycles. The number of carbonyl (C=O) groups excluding carboxylic acids is 1. The molecule has 1 unspecified atom stereocenters. The van der Waals surface area contributed by atoms with Crippen molar-refractivity contribution in [1.29, 1.82) is 0 Å². The van der Waals surface area contributed by atoms with Crippen molar-refractivity contribution < 1.29 is 37.4 Å². The van der Waals surface area contributed by atoms with Gasteiger partial charge in [-0.3, -0.25) is 13.9 Å². The van der Waals surface area contributed by atoms with Crippen LogP contribution in [0.4, 0.5) is 10.2 Å². The number of anilines is 1. The number of hydrogen-bond donors (Lipinski definition) is 3. The minimum atomic E-state index is -4.40. The predicted octanol–water partition coefficient (Wildman–Crippen LogP) is 7.19. The summed E-state index contributed by atoms with van der Waals surface area (Å²) in [6.07, 6.45) is 22.9. The highest BCUT2D eigenvalue weighted by molar-refractivity contribution is 7.52. The van der Waals surface area contributed by atoms with Gasteiger partial charge in [-0.15, -0.1) is 6.42 Å². The van der Waals surface area contributed by atoms with Crippen LogP contribution in [-0.2, 0) is 29.1 Å². The molecule has 0 radical (unpaired) electrons. The summed E-state index contributed by atoms with van der Waals surface area (Å²) in [6, 6.07) is 7.11. The van der Waals surface area contributed by atoms with Crippen molar-refractivity contribution in [2.24, 2.45) is 0 Å². The molecular weight excluding hydrogens is 690 g/mol. The number of nitrogens with one attached hydrogen (secondary N) is 1. The van der Waals surface area contributed by atoms with E-state index < -0.39 is 43.8 Å². The molecule has 1 aliphatic heterocycles. The number of halogens is 1. The van der Waals surface area contributed by atoms with E-state index in [9.17, 15) is 18.9 Å². The number of unbranched alkanes of at least 4 members (excludes halogenated alkanes) is 13. The van der Waals surface area contributed by atoms with Gasteiger partial charge in [-0.25, -0.2) is 9.55 Å². The molecule has 1 aliphatic rings. The second-order valence-corrected chi connectivity index (χ2v) is 15.0. The van der Waals surface area contributed by atoms with E-state index in [1.807, 2.05) is 0 Å². The summed E-state index contributed by atoms with van der Waals surface area (Å²) < 4.78 is 52.5. The molecule has 4 rings (SSSR count). The fourth-order valence-electron chi connectivity index (χ4n) is 6.29. The van der Waals surface area contributed by atoms with Crippen LogP contribution in [0.3, 0.4) is 0 Å². The minimum absolute atomic E-state index is 0.0368. The molecule has 286 valence electrons. The number of nitrogen functional groups attached to an aromatic ring is 1. The molecule has 13 nitrogen and oxygen atoms in total. The van der Waals surface area contributed by atoms with Crippen molar-refractivity contribution in [3.05, 3.63) is 42.7 Å². The molecule has 1 aromatic carbocycles. The Bertz CT molecular complexity index is 1660. The molecule has 52 heavy (non-hydrogen) atoms. The van der Waals surface area contributed by atoms with Gasteiger partial charge in [-0.05, 0) is 25.5 Å². The Kier molecular flexibility index (Phi) is 15.8. The third-order valence-corrected chi connectivity index (χ3v) is 11.0. The number of fused-ring (bicyclic) bond motifs is 1. The number of esters is 1. The molecule has 4 atom stereocenters. The van der Waals surface area contributed by atoms with Gasteiger partial charge >= 0.3 is 19.8 Å². The van der Waals surface area contributed by atoms with Crippen LogP contribution in [0.15, 0.2) is 36.7 Å². The Morgan fingerprint density at radius 2 is 1.69 bits per heavy atom. The van der Waals surface area contributed by atoms with E-state index in [1.54, 1.807) is 30.3 Å². The highest BCUT2D eigenvalue weighted by Crippen LogP contribution is 2.49. The summed E-state index contributed by atoms with van der Waals surface area (Å²) in [4.78, 5) is 24.3. The molecule has 3 aromatic rings. The predicted molar refractivity (Wildman–Crippen MR) is 197 cm³/mol. The van der Waals surface area contributed by atoms with Crippen molar-refractivity contribution in [1.82, 2.24) is 24.6 Å². The number of imidazole rings is 1. The van der Waals surface area contributed by atoms with Crippen LogP contribution in [0.25, 0.3) is 11.2 Å². The first kappa shape index (κ1) is 41.2. The van der Waals surface area contributed by atoms with Crippen molar-refractivity contribution in [3.8, 4) is 18.1 Å². The molecule has 0 bridgehead atoms. The van der Waals surface area contributed by atoms with Crippen LogP contribution in [0.2, 0.25) is 0 Å². The van der Waals surface area contributed by atoms with Crippen LogP contribution in [0.1, 0.15) is 110 Å². The average molecular weight is 745 g/mol. The van der Waals surface area contributed by atoms with Crippen molar-refractivity contribution in [2.45, 2.75) is 128 Å². The number of carbonyl (C=O) groups is 1. The van der Waals surface area contributed by atoms with Crippen LogP contribution in [0, 0.1) is 18.4 Å². The van der Waals surface area contributed by atoms with Crippen LogP contribution in [0.5, 0.6) is 5.75 Å². The highest BCUT2D eigenvalue weighted by Gasteiger charge is 2.58. The summed E-state index contributed by atoms with van der Waals surface area (Å²) in [6.45, 7) is 3.22. The van der Waals surface area contributed by atoms with E-state index in [-0.39, 0.29) is 42.4 Å². The maximum Gasteiger partial charge on any atom is 0.459 e. The summed E-state index contributed by atoms with van der Waals surface area (Å²) in [5.74, 6) is 1.73. The number of ether oxygens (including phenoxy) is 2. The Morgan fingerprint density at radius 1 is 1.08 bits per heavy atom. The quantitative estimate of drug-likeness (QED) is 0.0277. The molecule has 4 N–H and O–H groups in total. The van der Waals surface area contributed by atoms with Gasteiger partial charge in [0.2, 0.25) is 0 Å². The fraction of sp³-hybridized carbons (Fsp3) is 0.622. The molecule has 1 fully saturated rings. The summed E-state index contributed by atoms with van der Waals surface area (Å²) >= 11 is 0. The lowest BCUT2D eigenvalue weighted by atomic mass is 9.91. The van der Waals surface area contributed by atoms with Crippen molar-refractivity contribution in [3.63, 3.8) is 0 Å². The average Bonchev–Trinajstić information content (AvgIpc) is 3.71. The summed E-state index contributed by atoms with van der Waals surface area (Å²) in [7, 11) is -4.40. The van der Waals surface area contributed by atoms with Gasteiger partial charge in [0.15, 0.2) is 28.3 Å². The topological polar surface area (TPSA) is 173 Å². The molecule has 0 saturated carbocycles. The number of aromatic nitrogens is 4. The number of aliphatic hydroxyl groups is 1. The lowest BCUT2D eigenvalue weighted by Gasteiger charge is -2.38. The van der Waals surface area contributed by atoms with Gasteiger partial charge in [0, 0.05) is 6.42 Å². The number of terminal acetylenes is 1. The second-order valence-electron chi connectivity index (χ2n) is 13.3. The first-order valence-electron chi connectivity index (χ1n) is 18.5. The van der Waals surface area contributed by atoms with Gasteiger partial charge in [-0.2, -0.15) is 19.4 Å². The number of nitrogens with two attached hydrogens (primary N) is 1. The normalized spacial score (nSPS) is 20.4. The SMILES string of the molecule is C#C[C@]1(COP(=O)(N[C@@H](C)C(=O)OCCCCCCCCCCCCCCCC)Oc2ccccc2)OCC[C@@]1(O)n1cnc2c(N)nc(F)nc21. The Hall–Kier alpha value is -3.60. The molecule has 0 spiro atoms. The number of nitrogens with zero attached hydrogens (tertiary/aromatic N) is 4. The smallest absolute Gasteiger partial charge is 0.459 e. The maximum atomic E-state index is 14.2. The zero-order valence-corrected chi connectivity index (χ0v) is 31.3. The number of para-hydroxylation sites is 1. The van der Waals surface area contributed by atoms with Crippen LogP contribution < -0.4 is 15.3 Å². The Labute approximate surface area is 306 Å². The zero-order chi connectivity index (χ0) is 37.5. The van der Waals surface area contributed by atoms with Crippen LogP contribution >= 0.6 is 7.75 Å². The van der Waals surface area contributed by atoms with Gasteiger partial charge in [-0.1, -0.05) is 115 Å². The first-order valence-corrected chi connectivity index (χ1v) is 20.0. The lowest BCUT2D eigenvalue weighted by Crippen LogP contribution is -2.54. The number of benzene rings is 1. The zero-order valence-electron chi connectivity index (χ0n) is 30.4. The molecule has 1 saturated heterocycles. The molecular formula is C37H54FN6O7P. The molecule has 0 aliphatic carbocycles. The Balaban J connectivity index is 1.29. The van der Waals surface area contributed by atoms with Crippen molar-refractivity contribution >= 4 is 30.7 Å². The van der Waals surface area contributed by atoms with E-state index in [2.05, 4.69) is 32.9 Å². The summed E-state index contributed by atoms with van der Waals surface area (Å²) in [5.41, 5.74) is 1.65. The van der Waals surface area contributed by atoms with Gasteiger partial charge in [0.1, 0.15) is 18.4 Å². The molecule has 2 aromatic heterocycles. The lowest BCUT2D eigenvalue weighted by molar-refractivity contribution is -0.150. The minimum Gasteiger partial charge on any atom is -0.465 e. The maximum absolute atomic E-state index is 14.2. The third kappa shape index (κ3) is 11.0. The summed E-state index contributed by atoms with van der Waals surface area (Å²) in [5, 5.41) is 14.6. The fourth-order valence-corrected chi connectivity index (χ4v) is 7.80. The molecule has 0 amide bonds. The third-order valence-electron chi connectivity index (χ3n) is 9.33. The van der Waals surface area contributed by atoms with E-state index in [1.165, 1.54) is 77.5 Å². The first-order chi connectivity index (χ1) is 25.1. The van der Waals surface area contributed by atoms with E-state index in [4.69, 9.17) is 30.7 Å². The Morgan fingerprint density at radius 3 is 2.31 bits per heavy atom. The highest BCUT2D eigenvalue weighted by atomic mass is 31.2. The number of hydrogen-bond acceptors (Lipinski definition) is 11. The standard InChI is InChI=1S/C37H54FN6O7P/c1-4-6-7-8-9-10-11-12-13-14-15-16-17-21-25-48-34(45)29(3)43-52(47,51-30-22-19-18-20-23-30)50-27-36(5-2)37(46,24-26-49-36)44-28-40-31-32(39)41-35(38)42-33(31)44/h2,18-20,22-23,28-29,46H,4,6-17,21,24-27H2,1,3H3,(H,43,47)(H2,39,41,42)/t29-,36+,37-,52?/m0/s1.